The Morgan fingerprint density at radius 2 is 1.64 bits per heavy atom. The molecule has 0 aliphatic heterocycles. The summed E-state index contributed by atoms with van der Waals surface area (Å²) < 4.78 is 0. The van der Waals surface area contributed by atoms with Gasteiger partial charge in [0.1, 0.15) is 6.04 Å². The maximum absolute atomic E-state index is 13.0. The molecule has 2 aromatic rings. The number of halogens is 3. The van der Waals surface area contributed by atoms with Crippen molar-refractivity contribution < 1.29 is 9.59 Å². The molecule has 1 N–H and O–H groups in total. The Bertz CT molecular complexity index is 825. The number of hydrogen-bond donors (Lipinski definition) is 1. The molecule has 2 aromatic carbocycles. The highest BCUT2D eigenvalue weighted by Crippen LogP contribution is 2.23. The van der Waals surface area contributed by atoms with Crippen molar-refractivity contribution in [1.29, 1.82) is 0 Å². The molecule has 0 bridgehead atoms. The maximum Gasteiger partial charge on any atom is 0.242 e. The van der Waals surface area contributed by atoms with Gasteiger partial charge in [-0.15, -0.1) is 0 Å². The molecule has 1 atom stereocenters. The van der Waals surface area contributed by atoms with Crippen LogP contribution in [-0.2, 0) is 22.6 Å². The first-order valence-electron chi connectivity index (χ1n) is 9.07. The van der Waals surface area contributed by atoms with Crippen molar-refractivity contribution in [3.05, 3.63) is 68.7 Å². The second kappa shape index (κ2) is 10.7. The molecule has 7 heteroatoms. The summed E-state index contributed by atoms with van der Waals surface area (Å²) in [4.78, 5) is 27.1. The average Bonchev–Trinajstić information content (AvgIpc) is 2.67. The molecule has 0 fully saturated rings. The number of nitrogens with zero attached hydrogens (tertiary/aromatic N) is 1. The zero-order valence-electron chi connectivity index (χ0n) is 15.8. The first-order valence-corrected chi connectivity index (χ1v) is 10.2. The molecule has 0 aliphatic carbocycles. The molecule has 0 radical (unpaired) electrons. The summed E-state index contributed by atoms with van der Waals surface area (Å²) in [6, 6.07) is 11.7. The van der Waals surface area contributed by atoms with Crippen LogP contribution in [0.3, 0.4) is 0 Å². The number of nitrogens with one attached hydrogen (secondary N) is 1. The topological polar surface area (TPSA) is 49.4 Å². The monoisotopic (exact) mass is 440 g/mol. The van der Waals surface area contributed by atoms with Crippen LogP contribution < -0.4 is 5.32 Å². The zero-order valence-corrected chi connectivity index (χ0v) is 18.1. The molecule has 0 saturated heterocycles. The Hall–Kier alpha value is -1.75. The van der Waals surface area contributed by atoms with Crippen molar-refractivity contribution in [2.75, 3.05) is 6.54 Å². The molecule has 0 saturated carbocycles. The fourth-order valence-electron chi connectivity index (χ4n) is 2.69. The standard InChI is InChI=1S/C21H23Cl3N2O2/c1-3-10-25-21(28)14(2)26(13-15-4-7-17(22)8-5-15)20(27)12-16-6-9-18(23)19(24)11-16/h4-9,11,14H,3,10,12-13H2,1-2H3,(H,25,28)/t14-/m0/s1. The molecule has 2 amide bonds. The molecule has 28 heavy (non-hydrogen) atoms. The minimum absolute atomic E-state index is 0.121. The van der Waals surface area contributed by atoms with E-state index in [-0.39, 0.29) is 18.2 Å². The van der Waals surface area contributed by atoms with Gasteiger partial charge < -0.3 is 10.2 Å². The maximum atomic E-state index is 13.0. The Balaban J connectivity index is 2.21. The van der Waals surface area contributed by atoms with Crippen LogP contribution in [0.4, 0.5) is 0 Å². The smallest absolute Gasteiger partial charge is 0.242 e. The third-order valence-electron chi connectivity index (χ3n) is 4.32. The number of carbonyl (C=O) groups is 2. The number of benzene rings is 2. The molecule has 0 unspecified atom stereocenters. The van der Waals surface area contributed by atoms with E-state index in [1.807, 2.05) is 19.1 Å². The van der Waals surface area contributed by atoms with Crippen molar-refractivity contribution >= 4 is 46.6 Å². The number of rotatable bonds is 8. The van der Waals surface area contributed by atoms with Gasteiger partial charge in [-0.25, -0.2) is 0 Å². The van der Waals surface area contributed by atoms with Crippen LogP contribution in [-0.4, -0.2) is 29.3 Å². The first-order chi connectivity index (χ1) is 13.3. The summed E-state index contributed by atoms with van der Waals surface area (Å²) >= 11 is 18.0. The average molecular weight is 442 g/mol. The fraction of sp³-hybridized carbons (Fsp3) is 0.333. The highest BCUT2D eigenvalue weighted by Gasteiger charge is 2.26. The predicted octanol–water partition coefficient (Wildman–Crippen LogP) is 5.13. The lowest BCUT2D eigenvalue weighted by atomic mass is 10.1. The van der Waals surface area contributed by atoms with Crippen molar-refractivity contribution in [3.63, 3.8) is 0 Å². The summed E-state index contributed by atoms with van der Waals surface area (Å²) in [7, 11) is 0. The Morgan fingerprint density at radius 1 is 1.00 bits per heavy atom. The largest absolute Gasteiger partial charge is 0.354 e. The van der Waals surface area contributed by atoms with Crippen LogP contribution in [0, 0.1) is 0 Å². The van der Waals surface area contributed by atoms with E-state index in [0.29, 0.717) is 28.2 Å². The van der Waals surface area contributed by atoms with E-state index in [2.05, 4.69) is 5.32 Å². The Labute approximate surface area is 180 Å². The van der Waals surface area contributed by atoms with Crippen molar-refractivity contribution in [3.8, 4) is 0 Å². The lowest BCUT2D eigenvalue weighted by Crippen LogP contribution is -2.48. The lowest BCUT2D eigenvalue weighted by Gasteiger charge is -2.29. The van der Waals surface area contributed by atoms with E-state index in [9.17, 15) is 9.59 Å². The van der Waals surface area contributed by atoms with Crippen LogP contribution in [0.2, 0.25) is 15.1 Å². The van der Waals surface area contributed by atoms with Gasteiger partial charge in [0, 0.05) is 18.1 Å². The molecular weight excluding hydrogens is 419 g/mol. The third kappa shape index (κ3) is 6.40. The summed E-state index contributed by atoms with van der Waals surface area (Å²) in [5, 5.41) is 4.29. The second-order valence-corrected chi connectivity index (χ2v) is 7.79. The van der Waals surface area contributed by atoms with Gasteiger partial charge in [0.25, 0.3) is 0 Å². The summed E-state index contributed by atoms with van der Waals surface area (Å²) in [5.74, 6) is -0.356. The lowest BCUT2D eigenvalue weighted by molar-refractivity contribution is -0.140. The van der Waals surface area contributed by atoms with E-state index in [1.54, 1.807) is 42.2 Å². The summed E-state index contributed by atoms with van der Waals surface area (Å²) in [6.45, 7) is 4.58. The number of hydrogen-bond acceptors (Lipinski definition) is 2. The van der Waals surface area contributed by atoms with Crippen LogP contribution in [0.25, 0.3) is 0 Å². The SMILES string of the molecule is CCCNC(=O)[C@H](C)N(Cc1ccc(Cl)cc1)C(=O)Cc1ccc(Cl)c(Cl)c1. The normalized spacial score (nSPS) is 11.8. The molecule has 0 aliphatic rings. The van der Waals surface area contributed by atoms with Crippen molar-refractivity contribution in [1.82, 2.24) is 10.2 Å². The van der Waals surface area contributed by atoms with Crippen molar-refractivity contribution in [2.45, 2.75) is 39.3 Å². The quantitative estimate of drug-likeness (QED) is 0.617. The summed E-state index contributed by atoms with van der Waals surface area (Å²) in [6.07, 6.45) is 0.947. The second-order valence-electron chi connectivity index (χ2n) is 6.54. The fourth-order valence-corrected chi connectivity index (χ4v) is 3.14. The number of carbonyl (C=O) groups excluding carboxylic acids is 2. The van der Waals surface area contributed by atoms with E-state index in [1.165, 1.54) is 0 Å². The Kier molecular flexibility index (Phi) is 8.61. The minimum Gasteiger partial charge on any atom is -0.354 e. The molecule has 150 valence electrons. The van der Waals surface area contributed by atoms with Gasteiger partial charge in [0.2, 0.25) is 11.8 Å². The van der Waals surface area contributed by atoms with Gasteiger partial charge in [0.05, 0.1) is 16.5 Å². The van der Waals surface area contributed by atoms with Crippen LogP contribution in [0.1, 0.15) is 31.4 Å². The molecule has 0 spiro atoms. The van der Waals surface area contributed by atoms with Gasteiger partial charge in [-0.05, 0) is 48.7 Å². The third-order valence-corrected chi connectivity index (χ3v) is 5.31. The molecular formula is C21H23Cl3N2O2. The predicted molar refractivity (Wildman–Crippen MR) is 115 cm³/mol. The van der Waals surface area contributed by atoms with Gasteiger partial charge in [0.15, 0.2) is 0 Å². The summed E-state index contributed by atoms with van der Waals surface area (Å²) in [5.41, 5.74) is 1.63. The molecule has 0 aromatic heterocycles. The van der Waals surface area contributed by atoms with E-state index in [4.69, 9.17) is 34.8 Å². The van der Waals surface area contributed by atoms with Gasteiger partial charge in [-0.2, -0.15) is 0 Å². The number of amides is 2. The first kappa shape index (κ1) is 22.5. The van der Waals surface area contributed by atoms with Gasteiger partial charge in [-0.1, -0.05) is 59.9 Å². The van der Waals surface area contributed by atoms with Crippen molar-refractivity contribution in [2.24, 2.45) is 0 Å². The minimum atomic E-state index is -0.613. The van der Waals surface area contributed by atoms with Crippen LogP contribution in [0.5, 0.6) is 0 Å². The van der Waals surface area contributed by atoms with Crippen LogP contribution >= 0.6 is 34.8 Å². The van der Waals surface area contributed by atoms with Gasteiger partial charge >= 0.3 is 0 Å². The van der Waals surface area contributed by atoms with E-state index < -0.39 is 6.04 Å². The highest BCUT2D eigenvalue weighted by atomic mass is 35.5. The zero-order chi connectivity index (χ0) is 20.7. The van der Waals surface area contributed by atoms with Crippen LogP contribution in [0.15, 0.2) is 42.5 Å². The van der Waals surface area contributed by atoms with E-state index >= 15 is 0 Å². The Morgan fingerprint density at radius 3 is 2.25 bits per heavy atom. The molecule has 4 nitrogen and oxygen atoms in total. The molecule has 0 heterocycles. The van der Waals surface area contributed by atoms with E-state index in [0.717, 1.165) is 17.5 Å². The van der Waals surface area contributed by atoms with Gasteiger partial charge in [-0.3, -0.25) is 9.59 Å². The molecule has 2 rings (SSSR count). The highest BCUT2D eigenvalue weighted by molar-refractivity contribution is 6.42.